The lowest BCUT2D eigenvalue weighted by Gasteiger charge is -2.28. The third kappa shape index (κ3) is 4.75. The first-order chi connectivity index (χ1) is 14.2. The van der Waals surface area contributed by atoms with Crippen LogP contribution in [-0.2, 0) is 4.74 Å². The van der Waals surface area contributed by atoms with Crippen molar-refractivity contribution in [2.75, 3.05) is 43.1 Å². The normalized spacial score (nSPS) is 13.9. The lowest BCUT2D eigenvalue weighted by atomic mass is 10.2. The molecule has 3 aromatic rings. The summed E-state index contributed by atoms with van der Waals surface area (Å²) in [6.45, 7) is 5.86. The van der Waals surface area contributed by atoms with E-state index in [0.29, 0.717) is 12.3 Å². The number of amides is 1. The van der Waals surface area contributed by atoms with Crippen molar-refractivity contribution in [3.63, 3.8) is 0 Å². The van der Waals surface area contributed by atoms with Crippen molar-refractivity contribution in [1.29, 1.82) is 0 Å². The van der Waals surface area contributed by atoms with Gasteiger partial charge in [0.25, 0.3) is 5.91 Å². The minimum atomic E-state index is -0.211. The third-order valence-corrected chi connectivity index (χ3v) is 5.54. The molecule has 1 saturated heterocycles. The van der Waals surface area contributed by atoms with Crippen LogP contribution in [0.25, 0.3) is 10.6 Å². The van der Waals surface area contributed by atoms with Gasteiger partial charge in [-0.2, -0.15) is 0 Å². The first-order valence-electron chi connectivity index (χ1n) is 9.66. The van der Waals surface area contributed by atoms with E-state index >= 15 is 0 Å². The van der Waals surface area contributed by atoms with Gasteiger partial charge in [0.2, 0.25) is 0 Å². The van der Waals surface area contributed by atoms with Crippen LogP contribution in [-0.4, -0.2) is 43.8 Å². The average Bonchev–Trinajstić information content (AvgIpc) is 3.26. The van der Waals surface area contributed by atoms with Gasteiger partial charge in [0.1, 0.15) is 16.5 Å². The molecule has 2 heterocycles. The number of nitrogens with one attached hydrogen (secondary N) is 1. The number of nitrogens with zero attached hydrogens (tertiary/aromatic N) is 2. The van der Waals surface area contributed by atoms with E-state index in [1.807, 2.05) is 55.5 Å². The number of carbonyl (C=O) groups excluding carboxylic acids is 1. The van der Waals surface area contributed by atoms with E-state index in [9.17, 15) is 4.79 Å². The molecular formula is C22H23N3O3S. The molecule has 150 valence electrons. The zero-order chi connectivity index (χ0) is 20.1. The fourth-order valence-corrected chi connectivity index (χ4v) is 3.95. The molecule has 2 aromatic carbocycles. The fraction of sp³-hybridized carbons (Fsp3) is 0.273. The summed E-state index contributed by atoms with van der Waals surface area (Å²) in [6.07, 6.45) is 0. The first kappa shape index (κ1) is 19.4. The van der Waals surface area contributed by atoms with Crippen LogP contribution in [0.5, 0.6) is 5.75 Å². The predicted octanol–water partition coefficient (Wildman–Crippen LogP) is 4.30. The molecule has 0 bridgehead atoms. The number of thiazole rings is 1. The third-order valence-electron chi connectivity index (χ3n) is 4.65. The first-order valence-corrected chi connectivity index (χ1v) is 10.5. The van der Waals surface area contributed by atoms with Crippen LogP contribution in [0.1, 0.15) is 17.4 Å². The Hall–Kier alpha value is -2.90. The lowest BCUT2D eigenvalue weighted by Crippen LogP contribution is -2.36. The molecule has 1 fully saturated rings. The molecule has 1 aliphatic heterocycles. The van der Waals surface area contributed by atoms with E-state index in [4.69, 9.17) is 9.47 Å². The topological polar surface area (TPSA) is 63.7 Å². The quantitative estimate of drug-likeness (QED) is 0.658. The van der Waals surface area contributed by atoms with Gasteiger partial charge in [-0.05, 0) is 55.5 Å². The Labute approximate surface area is 174 Å². The Bertz CT molecular complexity index is 948. The van der Waals surface area contributed by atoms with E-state index in [1.165, 1.54) is 11.3 Å². The maximum atomic E-state index is 12.6. The summed E-state index contributed by atoms with van der Waals surface area (Å²) >= 11 is 1.45. The molecule has 29 heavy (non-hydrogen) atoms. The number of carbonyl (C=O) groups is 1. The standard InChI is InChI=1S/C22H23N3O3S/c1-2-28-19-9-3-16(4-10-19)22-24-20(15-29-22)21(26)23-17-5-7-18(8-6-17)25-11-13-27-14-12-25/h3-10,15H,2,11-14H2,1H3,(H,23,26). The molecule has 0 aliphatic carbocycles. The van der Waals surface area contributed by atoms with Crippen LogP contribution in [0.3, 0.4) is 0 Å². The van der Waals surface area contributed by atoms with Crippen molar-refractivity contribution in [3.05, 3.63) is 59.6 Å². The van der Waals surface area contributed by atoms with Crippen molar-refractivity contribution in [3.8, 4) is 16.3 Å². The van der Waals surface area contributed by atoms with E-state index in [0.717, 1.165) is 54.0 Å². The molecule has 0 saturated carbocycles. The van der Waals surface area contributed by atoms with Crippen molar-refractivity contribution in [2.45, 2.75) is 6.92 Å². The summed E-state index contributed by atoms with van der Waals surface area (Å²) in [4.78, 5) is 19.3. The average molecular weight is 410 g/mol. The zero-order valence-corrected chi connectivity index (χ0v) is 17.1. The summed E-state index contributed by atoms with van der Waals surface area (Å²) < 4.78 is 10.8. The predicted molar refractivity (Wildman–Crippen MR) is 116 cm³/mol. The molecule has 6 nitrogen and oxygen atoms in total. The van der Waals surface area contributed by atoms with Crippen LogP contribution in [0.2, 0.25) is 0 Å². The molecule has 4 rings (SSSR count). The summed E-state index contributed by atoms with van der Waals surface area (Å²) in [7, 11) is 0. The fourth-order valence-electron chi connectivity index (χ4n) is 3.14. The van der Waals surface area contributed by atoms with Gasteiger partial charge < -0.3 is 19.7 Å². The highest BCUT2D eigenvalue weighted by atomic mass is 32.1. The molecule has 1 aliphatic rings. The second-order valence-corrected chi connectivity index (χ2v) is 7.45. The number of benzene rings is 2. The van der Waals surface area contributed by atoms with Gasteiger partial charge in [-0.15, -0.1) is 11.3 Å². The maximum Gasteiger partial charge on any atom is 0.275 e. The van der Waals surface area contributed by atoms with Gasteiger partial charge >= 0.3 is 0 Å². The van der Waals surface area contributed by atoms with E-state index < -0.39 is 0 Å². The summed E-state index contributed by atoms with van der Waals surface area (Å²) in [5.74, 6) is 0.615. The van der Waals surface area contributed by atoms with E-state index in [1.54, 1.807) is 5.38 Å². The minimum Gasteiger partial charge on any atom is -0.494 e. The van der Waals surface area contributed by atoms with Gasteiger partial charge in [0, 0.05) is 35.4 Å². The highest BCUT2D eigenvalue weighted by molar-refractivity contribution is 7.13. The van der Waals surface area contributed by atoms with Crippen molar-refractivity contribution < 1.29 is 14.3 Å². The van der Waals surface area contributed by atoms with Crippen LogP contribution in [0.15, 0.2) is 53.9 Å². The summed E-state index contributed by atoms with van der Waals surface area (Å²) in [5, 5.41) is 5.51. The molecule has 0 atom stereocenters. The Morgan fingerprint density at radius 1 is 1.14 bits per heavy atom. The van der Waals surface area contributed by atoms with Gasteiger partial charge in [0.15, 0.2) is 0 Å². The van der Waals surface area contributed by atoms with Gasteiger partial charge in [-0.25, -0.2) is 4.98 Å². The molecule has 0 unspecified atom stereocenters. The van der Waals surface area contributed by atoms with Crippen molar-refractivity contribution >= 4 is 28.6 Å². The van der Waals surface area contributed by atoms with Crippen LogP contribution >= 0.6 is 11.3 Å². The van der Waals surface area contributed by atoms with Crippen molar-refractivity contribution in [1.82, 2.24) is 4.98 Å². The SMILES string of the molecule is CCOc1ccc(-c2nc(C(=O)Nc3ccc(N4CCOCC4)cc3)cs2)cc1. The molecule has 7 heteroatoms. The summed E-state index contributed by atoms with van der Waals surface area (Å²) in [6, 6.07) is 15.6. The Morgan fingerprint density at radius 3 is 2.55 bits per heavy atom. The Kier molecular flexibility index (Phi) is 6.07. The Balaban J connectivity index is 1.40. The number of anilines is 2. The maximum absolute atomic E-state index is 12.6. The highest BCUT2D eigenvalue weighted by Crippen LogP contribution is 2.26. The monoisotopic (exact) mass is 409 g/mol. The number of morpholine rings is 1. The largest absolute Gasteiger partial charge is 0.494 e. The lowest BCUT2D eigenvalue weighted by molar-refractivity contribution is 0.102. The van der Waals surface area contributed by atoms with Gasteiger partial charge in [-0.3, -0.25) is 4.79 Å². The van der Waals surface area contributed by atoms with Crippen LogP contribution in [0.4, 0.5) is 11.4 Å². The smallest absolute Gasteiger partial charge is 0.275 e. The number of ether oxygens (including phenoxy) is 2. The minimum absolute atomic E-state index is 0.211. The zero-order valence-electron chi connectivity index (χ0n) is 16.3. The molecular weight excluding hydrogens is 386 g/mol. The number of rotatable bonds is 6. The number of hydrogen-bond donors (Lipinski definition) is 1. The Morgan fingerprint density at radius 2 is 1.86 bits per heavy atom. The second kappa shape index (κ2) is 9.07. The van der Waals surface area contributed by atoms with Gasteiger partial charge in [0.05, 0.1) is 19.8 Å². The van der Waals surface area contributed by atoms with E-state index in [2.05, 4.69) is 15.2 Å². The highest BCUT2D eigenvalue weighted by Gasteiger charge is 2.14. The van der Waals surface area contributed by atoms with Gasteiger partial charge in [-0.1, -0.05) is 0 Å². The van der Waals surface area contributed by atoms with Crippen LogP contribution < -0.4 is 15.0 Å². The van der Waals surface area contributed by atoms with E-state index in [-0.39, 0.29) is 5.91 Å². The second-order valence-electron chi connectivity index (χ2n) is 6.60. The molecule has 1 N–H and O–H groups in total. The number of hydrogen-bond acceptors (Lipinski definition) is 6. The van der Waals surface area contributed by atoms with Crippen LogP contribution in [0, 0.1) is 0 Å². The molecule has 1 aromatic heterocycles. The summed E-state index contributed by atoms with van der Waals surface area (Å²) in [5.41, 5.74) is 3.27. The van der Waals surface area contributed by atoms with Crippen molar-refractivity contribution in [2.24, 2.45) is 0 Å². The number of aromatic nitrogens is 1. The molecule has 0 spiro atoms. The molecule has 1 amide bonds. The molecule has 0 radical (unpaired) electrons.